The fraction of sp³-hybridized carbons (Fsp3) is 0.350. The van der Waals surface area contributed by atoms with Crippen LogP contribution in [0, 0.1) is 11.7 Å². The Labute approximate surface area is 164 Å². The van der Waals surface area contributed by atoms with E-state index in [0.29, 0.717) is 18.5 Å². The molecule has 0 saturated heterocycles. The second kappa shape index (κ2) is 9.40. The van der Waals surface area contributed by atoms with Gasteiger partial charge in [0.25, 0.3) is 0 Å². The highest BCUT2D eigenvalue weighted by atomic mass is 35.5. The largest absolute Gasteiger partial charge is 0.323 e. The molecular formula is C20H24ClFN2OS. The van der Waals surface area contributed by atoms with Crippen LogP contribution in [0.3, 0.4) is 0 Å². The lowest BCUT2D eigenvalue weighted by molar-refractivity contribution is -0.116. The number of nitrogens with one attached hydrogen (secondary N) is 2. The van der Waals surface area contributed by atoms with Crippen LogP contribution in [0.1, 0.15) is 25.0 Å². The third-order valence-corrected chi connectivity index (χ3v) is 5.89. The maximum absolute atomic E-state index is 14.8. The van der Waals surface area contributed by atoms with Crippen LogP contribution in [0.4, 0.5) is 10.1 Å². The topological polar surface area (TPSA) is 41.1 Å². The Hall–Kier alpha value is -1.56. The Morgan fingerprint density at radius 1 is 1.19 bits per heavy atom. The summed E-state index contributed by atoms with van der Waals surface area (Å²) in [5, 5.41) is 5.76. The molecule has 0 radical (unpaired) electrons. The van der Waals surface area contributed by atoms with E-state index >= 15 is 0 Å². The molecule has 0 aliphatic carbocycles. The van der Waals surface area contributed by atoms with Gasteiger partial charge < -0.3 is 10.6 Å². The molecule has 140 valence electrons. The second-order valence-electron chi connectivity index (χ2n) is 6.58. The fourth-order valence-electron chi connectivity index (χ4n) is 2.97. The lowest BCUT2D eigenvalue weighted by Crippen LogP contribution is -2.30. The first kappa shape index (κ1) is 20.7. The molecule has 1 amide bonds. The minimum absolute atomic E-state index is 0. The first-order chi connectivity index (χ1) is 12.1. The predicted octanol–water partition coefficient (Wildman–Crippen LogP) is 4.65. The van der Waals surface area contributed by atoms with Crippen molar-refractivity contribution in [1.29, 1.82) is 0 Å². The molecule has 2 N–H and O–H groups in total. The van der Waals surface area contributed by atoms with Gasteiger partial charge in [0.2, 0.25) is 5.91 Å². The number of anilines is 1. The molecule has 26 heavy (non-hydrogen) atoms. The Balaban J connectivity index is 0.00000243. The van der Waals surface area contributed by atoms with Gasteiger partial charge >= 0.3 is 0 Å². The third-order valence-electron chi connectivity index (χ3n) is 4.34. The van der Waals surface area contributed by atoms with Crippen LogP contribution in [0.15, 0.2) is 47.4 Å². The number of rotatable bonds is 5. The fourth-order valence-corrected chi connectivity index (χ4v) is 4.02. The van der Waals surface area contributed by atoms with Crippen molar-refractivity contribution >= 4 is 35.8 Å². The van der Waals surface area contributed by atoms with Gasteiger partial charge in [0.15, 0.2) is 0 Å². The molecule has 1 unspecified atom stereocenters. The van der Waals surface area contributed by atoms with Gasteiger partial charge in [-0.15, -0.1) is 24.2 Å². The van der Waals surface area contributed by atoms with Gasteiger partial charge in [0.05, 0.1) is 10.9 Å². The first-order valence-electron chi connectivity index (χ1n) is 8.60. The Morgan fingerprint density at radius 3 is 2.62 bits per heavy atom. The Morgan fingerprint density at radius 2 is 1.92 bits per heavy atom. The number of halogens is 2. The van der Waals surface area contributed by atoms with Crippen molar-refractivity contribution in [2.24, 2.45) is 5.92 Å². The number of hydrogen-bond donors (Lipinski definition) is 2. The van der Waals surface area contributed by atoms with Crippen LogP contribution in [-0.2, 0) is 17.8 Å². The van der Waals surface area contributed by atoms with Gasteiger partial charge in [-0.3, -0.25) is 4.79 Å². The van der Waals surface area contributed by atoms with Gasteiger partial charge in [0.1, 0.15) is 5.82 Å². The van der Waals surface area contributed by atoms with Crippen LogP contribution >= 0.6 is 24.2 Å². The van der Waals surface area contributed by atoms with Crippen LogP contribution in [0.2, 0.25) is 0 Å². The lowest BCUT2D eigenvalue weighted by Gasteiger charge is -2.22. The van der Waals surface area contributed by atoms with Crippen LogP contribution in [-0.4, -0.2) is 17.7 Å². The minimum Gasteiger partial charge on any atom is -0.323 e. The summed E-state index contributed by atoms with van der Waals surface area (Å²) in [4.78, 5) is 13.8. The molecule has 0 bridgehead atoms. The first-order valence-corrected chi connectivity index (χ1v) is 9.47. The van der Waals surface area contributed by atoms with Crippen molar-refractivity contribution in [2.45, 2.75) is 37.0 Å². The van der Waals surface area contributed by atoms with E-state index in [-0.39, 0.29) is 41.0 Å². The van der Waals surface area contributed by atoms with Gasteiger partial charge in [-0.2, -0.15) is 0 Å². The molecule has 1 aliphatic rings. The molecule has 0 aromatic heterocycles. The summed E-state index contributed by atoms with van der Waals surface area (Å²) in [7, 11) is 0. The van der Waals surface area contributed by atoms with Crippen LogP contribution in [0.25, 0.3) is 0 Å². The van der Waals surface area contributed by atoms with Crippen molar-refractivity contribution in [3.8, 4) is 0 Å². The number of carbonyl (C=O) groups excluding carboxylic acids is 1. The van der Waals surface area contributed by atoms with E-state index in [1.807, 2.05) is 50.2 Å². The van der Waals surface area contributed by atoms with Crippen molar-refractivity contribution in [1.82, 2.24) is 5.32 Å². The summed E-state index contributed by atoms with van der Waals surface area (Å²) < 4.78 is 14.8. The molecule has 1 heterocycles. The van der Waals surface area contributed by atoms with E-state index in [0.717, 1.165) is 17.0 Å². The molecule has 2 aromatic rings. The number of amides is 1. The quantitative estimate of drug-likeness (QED) is 0.725. The standard InChI is InChI=1S/C20H23FN2OS.ClH/c1-13(2)19(25-15-6-4-3-5-7-15)20(24)23-17-9-8-14-12-22-11-10-16(14)18(17)21;/h3-9,13,19,22H,10-12H2,1-2H3,(H,23,24);1H. The Bertz CT molecular complexity index is 755. The maximum atomic E-state index is 14.8. The second-order valence-corrected chi connectivity index (χ2v) is 7.79. The minimum atomic E-state index is -0.292. The SMILES string of the molecule is CC(C)C(Sc1ccccc1)C(=O)Nc1ccc2c(c1F)CCNC2.Cl. The number of thioether (sulfide) groups is 1. The molecular weight excluding hydrogens is 371 g/mol. The van der Waals surface area contributed by atoms with Crippen molar-refractivity contribution in [3.05, 3.63) is 59.4 Å². The summed E-state index contributed by atoms with van der Waals surface area (Å²) in [5.74, 6) is -0.314. The molecule has 3 nitrogen and oxygen atoms in total. The monoisotopic (exact) mass is 394 g/mol. The summed E-state index contributed by atoms with van der Waals surface area (Å²) in [6, 6.07) is 13.4. The normalized spacial score (nSPS) is 14.3. The average Bonchev–Trinajstić information content (AvgIpc) is 2.63. The summed E-state index contributed by atoms with van der Waals surface area (Å²) >= 11 is 1.51. The average molecular weight is 395 g/mol. The smallest absolute Gasteiger partial charge is 0.238 e. The summed E-state index contributed by atoms with van der Waals surface area (Å²) in [6.45, 7) is 5.46. The van der Waals surface area contributed by atoms with Crippen LogP contribution in [0.5, 0.6) is 0 Å². The maximum Gasteiger partial charge on any atom is 0.238 e. The van der Waals surface area contributed by atoms with Gasteiger partial charge in [-0.05, 0) is 48.2 Å². The number of benzene rings is 2. The summed E-state index contributed by atoms with van der Waals surface area (Å²) in [5.41, 5.74) is 1.97. The molecule has 6 heteroatoms. The highest BCUT2D eigenvalue weighted by molar-refractivity contribution is 8.00. The summed E-state index contributed by atoms with van der Waals surface area (Å²) in [6.07, 6.45) is 0.650. The van der Waals surface area contributed by atoms with E-state index in [2.05, 4.69) is 10.6 Å². The van der Waals surface area contributed by atoms with E-state index in [9.17, 15) is 9.18 Å². The molecule has 2 aromatic carbocycles. The van der Waals surface area contributed by atoms with E-state index < -0.39 is 0 Å². The molecule has 3 rings (SSSR count). The van der Waals surface area contributed by atoms with Gasteiger partial charge in [-0.25, -0.2) is 4.39 Å². The van der Waals surface area contributed by atoms with Crippen molar-refractivity contribution in [2.75, 3.05) is 11.9 Å². The van der Waals surface area contributed by atoms with Crippen molar-refractivity contribution in [3.63, 3.8) is 0 Å². The van der Waals surface area contributed by atoms with E-state index in [4.69, 9.17) is 0 Å². The molecule has 0 saturated carbocycles. The zero-order valence-corrected chi connectivity index (χ0v) is 16.6. The molecule has 0 fully saturated rings. The number of carbonyl (C=O) groups is 1. The van der Waals surface area contributed by atoms with Gasteiger partial charge in [0, 0.05) is 11.4 Å². The number of hydrogen-bond acceptors (Lipinski definition) is 3. The lowest BCUT2D eigenvalue weighted by atomic mass is 9.99. The highest BCUT2D eigenvalue weighted by Crippen LogP contribution is 2.30. The molecule has 1 aliphatic heterocycles. The predicted molar refractivity (Wildman–Crippen MR) is 109 cm³/mol. The molecule has 0 spiro atoms. The van der Waals surface area contributed by atoms with Crippen molar-refractivity contribution < 1.29 is 9.18 Å². The Kier molecular flexibility index (Phi) is 7.50. The van der Waals surface area contributed by atoms with E-state index in [1.165, 1.54) is 11.8 Å². The zero-order chi connectivity index (χ0) is 17.8. The highest BCUT2D eigenvalue weighted by Gasteiger charge is 2.25. The van der Waals surface area contributed by atoms with Crippen LogP contribution < -0.4 is 10.6 Å². The zero-order valence-electron chi connectivity index (χ0n) is 14.9. The molecule has 1 atom stereocenters. The van der Waals surface area contributed by atoms with Gasteiger partial charge in [-0.1, -0.05) is 38.1 Å². The number of fused-ring (bicyclic) bond motifs is 1. The van der Waals surface area contributed by atoms with E-state index in [1.54, 1.807) is 6.07 Å². The third kappa shape index (κ3) is 4.78.